The van der Waals surface area contributed by atoms with Gasteiger partial charge in [-0.25, -0.2) is 18.2 Å². The van der Waals surface area contributed by atoms with Crippen LogP contribution in [0.5, 0.6) is 0 Å². The molecule has 2 aromatic rings. The second-order valence-corrected chi connectivity index (χ2v) is 5.27. The molecule has 4 nitrogen and oxygen atoms in total. The maximum Gasteiger partial charge on any atom is 0.267 e. The van der Waals surface area contributed by atoms with Crippen LogP contribution in [0.4, 0.5) is 19.0 Å². The first-order chi connectivity index (χ1) is 11.0. The van der Waals surface area contributed by atoms with E-state index in [9.17, 15) is 18.0 Å². The molecular weight excluding hydrogens is 309 g/mol. The van der Waals surface area contributed by atoms with E-state index in [1.807, 2.05) is 0 Å². The van der Waals surface area contributed by atoms with Crippen molar-refractivity contribution in [1.29, 1.82) is 0 Å². The van der Waals surface area contributed by atoms with Gasteiger partial charge in [0, 0.05) is 22.9 Å². The SMILES string of the molecule is O=C1CN(c2ncc(-c3cccc(CO)c3F)cc2C(F)F)C1. The highest BCUT2D eigenvalue weighted by Crippen LogP contribution is 2.34. The van der Waals surface area contributed by atoms with Crippen molar-refractivity contribution in [1.82, 2.24) is 4.98 Å². The van der Waals surface area contributed by atoms with Gasteiger partial charge in [0.1, 0.15) is 11.6 Å². The van der Waals surface area contributed by atoms with E-state index in [0.29, 0.717) is 0 Å². The van der Waals surface area contributed by atoms with Gasteiger partial charge in [-0.05, 0) is 6.07 Å². The Morgan fingerprint density at radius 2 is 2.04 bits per heavy atom. The number of aromatic nitrogens is 1. The van der Waals surface area contributed by atoms with Crippen LogP contribution in [-0.4, -0.2) is 29.0 Å². The van der Waals surface area contributed by atoms with Crippen LogP contribution in [0.3, 0.4) is 0 Å². The van der Waals surface area contributed by atoms with Crippen LogP contribution in [0.2, 0.25) is 0 Å². The molecule has 2 heterocycles. The molecule has 0 aliphatic carbocycles. The summed E-state index contributed by atoms with van der Waals surface area (Å²) in [6.07, 6.45) is -1.50. The van der Waals surface area contributed by atoms with Gasteiger partial charge in [0.25, 0.3) is 6.43 Å². The van der Waals surface area contributed by atoms with E-state index in [0.717, 1.165) is 0 Å². The highest BCUT2D eigenvalue weighted by molar-refractivity contribution is 5.95. The van der Waals surface area contributed by atoms with Gasteiger partial charge >= 0.3 is 0 Å². The summed E-state index contributed by atoms with van der Waals surface area (Å²) in [6.45, 7) is -0.371. The number of halogens is 3. The molecular formula is C16H13F3N2O2. The number of carbonyl (C=O) groups excluding carboxylic acids is 1. The molecule has 7 heteroatoms. The molecule has 3 rings (SSSR count). The van der Waals surface area contributed by atoms with Crippen molar-refractivity contribution in [2.45, 2.75) is 13.0 Å². The normalized spacial score (nSPS) is 14.3. The third kappa shape index (κ3) is 2.79. The fourth-order valence-electron chi connectivity index (χ4n) is 2.50. The number of Topliss-reactive ketones (excluding diaryl/α,β-unsaturated/α-hetero) is 1. The number of hydrogen-bond acceptors (Lipinski definition) is 4. The van der Waals surface area contributed by atoms with Crippen molar-refractivity contribution >= 4 is 11.6 Å². The van der Waals surface area contributed by atoms with Crippen LogP contribution in [-0.2, 0) is 11.4 Å². The highest BCUT2D eigenvalue weighted by Gasteiger charge is 2.29. The van der Waals surface area contributed by atoms with Gasteiger partial charge < -0.3 is 10.0 Å². The number of aliphatic hydroxyl groups excluding tert-OH is 1. The average Bonchev–Trinajstić information content (AvgIpc) is 2.51. The van der Waals surface area contributed by atoms with Crippen molar-refractivity contribution in [3.05, 3.63) is 47.4 Å². The minimum absolute atomic E-state index is 0.0436. The number of pyridine rings is 1. The lowest BCUT2D eigenvalue weighted by Crippen LogP contribution is -2.48. The standard InChI is InChI=1S/C16H13F3N2O2/c17-14-9(8-22)2-1-3-12(14)10-4-13(15(18)19)16(20-5-10)21-6-11(23)7-21/h1-5,15,22H,6-8H2. The Morgan fingerprint density at radius 1 is 1.30 bits per heavy atom. The summed E-state index contributed by atoms with van der Waals surface area (Å²) in [7, 11) is 0. The minimum atomic E-state index is -2.79. The Balaban J connectivity index is 2.05. The highest BCUT2D eigenvalue weighted by atomic mass is 19.3. The first kappa shape index (κ1) is 15.5. The molecule has 1 fully saturated rings. The lowest BCUT2D eigenvalue weighted by molar-refractivity contribution is -0.119. The molecule has 1 N–H and O–H groups in total. The van der Waals surface area contributed by atoms with Gasteiger partial charge in [0.05, 0.1) is 25.3 Å². The van der Waals surface area contributed by atoms with Gasteiger partial charge in [0.15, 0.2) is 5.78 Å². The lowest BCUT2D eigenvalue weighted by atomic mass is 10.0. The zero-order valence-corrected chi connectivity index (χ0v) is 12.0. The van der Waals surface area contributed by atoms with Gasteiger partial charge in [-0.15, -0.1) is 0 Å². The molecule has 1 saturated heterocycles. The molecule has 1 aliphatic heterocycles. The van der Waals surface area contributed by atoms with Crippen LogP contribution in [0.15, 0.2) is 30.5 Å². The summed E-state index contributed by atoms with van der Waals surface area (Å²) >= 11 is 0. The largest absolute Gasteiger partial charge is 0.392 e. The number of ketones is 1. The van der Waals surface area contributed by atoms with Crippen molar-refractivity contribution in [3.63, 3.8) is 0 Å². The zero-order valence-electron chi connectivity index (χ0n) is 12.0. The Labute approximate surface area is 130 Å². The molecule has 0 bridgehead atoms. The number of nitrogens with zero attached hydrogens (tertiary/aromatic N) is 2. The van der Waals surface area contributed by atoms with E-state index < -0.39 is 18.8 Å². The molecule has 0 amide bonds. The van der Waals surface area contributed by atoms with Crippen molar-refractivity contribution in [3.8, 4) is 11.1 Å². The summed E-state index contributed by atoms with van der Waals surface area (Å²) in [5, 5.41) is 9.10. The second kappa shape index (κ2) is 6.00. The van der Waals surface area contributed by atoms with Crippen LogP contribution in [0.1, 0.15) is 17.6 Å². The van der Waals surface area contributed by atoms with Gasteiger partial charge in [-0.1, -0.05) is 18.2 Å². The topological polar surface area (TPSA) is 53.4 Å². The van der Waals surface area contributed by atoms with Crippen molar-refractivity contribution < 1.29 is 23.1 Å². The molecule has 1 aliphatic rings. The number of hydrogen-bond donors (Lipinski definition) is 1. The quantitative estimate of drug-likeness (QED) is 0.940. The van der Waals surface area contributed by atoms with E-state index in [-0.39, 0.29) is 46.9 Å². The molecule has 1 aromatic heterocycles. The lowest BCUT2D eigenvalue weighted by Gasteiger charge is -2.32. The molecule has 1 aromatic carbocycles. The summed E-state index contributed by atoms with van der Waals surface area (Å²) in [6, 6.07) is 5.57. The van der Waals surface area contributed by atoms with Gasteiger partial charge in [-0.3, -0.25) is 4.79 Å². The van der Waals surface area contributed by atoms with Crippen LogP contribution >= 0.6 is 0 Å². The number of rotatable bonds is 4. The van der Waals surface area contributed by atoms with Crippen LogP contribution in [0, 0.1) is 5.82 Å². The van der Waals surface area contributed by atoms with Crippen molar-refractivity contribution in [2.24, 2.45) is 0 Å². The molecule has 0 unspecified atom stereocenters. The number of benzene rings is 1. The summed E-state index contributed by atoms with van der Waals surface area (Å²) in [4.78, 5) is 16.5. The van der Waals surface area contributed by atoms with E-state index in [2.05, 4.69) is 4.98 Å². The fraction of sp³-hybridized carbons (Fsp3) is 0.250. The molecule has 0 atom stereocenters. The molecule has 0 radical (unpaired) electrons. The predicted octanol–water partition coefficient (Wildman–Crippen LogP) is 2.71. The average molecular weight is 322 g/mol. The first-order valence-electron chi connectivity index (χ1n) is 6.94. The molecule has 23 heavy (non-hydrogen) atoms. The monoisotopic (exact) mass is 322 g/mol. The van der Waals surface area contributed by atoms with E-state index >= 15 is 0 Å². The maximum atomic E-state index is 14.2. The number of aliphatic hydroxyl groups is 1. The van der Waals surface area contributed by atoms with E-state index in [4.69, 9.17) is 5.11 Å². The Kier molecular flexibility index (Phi) is 4.04. The first-order valence-corrected chi connectivity index (χ1v) is 6.94. The number of alkyl halides is 2. The summed E-state index contributed by atoms with van der Waals surface area (Å²) < 4.78 is 40.9. The third-order valence-electron chi connectivity index (χ3n) is 3.72. The molecule has 0 saturated carbocycles. The molecule has 120 valence electrons. The Hall–Kier alpha value is -2.41. The van der Waals surface area contributed by atoms with E-state index in [1.54, 1.807) is 0 Å². The van der Waals surface area contributed by atoms with E-state index in [1.165, 1.54) is 35.4 Å². The molecule has 0 spiro atoms. The van der Waals surface area contributed by atoms with Crippen molar-refractivity contribution in [2.75, 3.05) is 18.0 Å². The minimum Gasteiger partial charge on any atom is -0.392 e. The summed E-state index contributed by atoms with van der Waals surface area (Å²) in [5.41, 5.74) is 0.0307. The summed E-state index contributed by atoms with van der Waals surface area (Å²) in [5.74, 6) is -0.663. The second-order valence-electron chi connectivity index (χ2n) is 5.27. The Bertz CT molecular complexity index is 757. The number of carbonyl (C=O) groups is 1. The Morgan fingerprint density at radius 3 is 2.65 bits per heavy atom. The van der Waals surface area contributed by atoms with Gasteiger partial charge in [0.2, 0.25) is 0 Å². The number of anilines is 1. The van der Waals surface area contributed by atoms with Gasteiger partial charge in [-0.2, -0.15) is 0 Å². The van der Waals surface area contributed by atoms with Crippen LogP contribution < -0.4 is 4.90 Å². The van der Waals surface area contributed by atoms with Crippen LogP contribution in [0.25, 0.3) is 11.1 Å². The fourth-order valence-corrected chi connectivity index (χ4v) is 2.50. The zero-order chi connectivity index (χ0) is 16.6. The smallest absolute Gasteiger partial charge is 0.267 e. The third-order valence-corrected chi connectivity index (χ3v) is 3.72. The maximum absolute atomic E-state index is 14.2. The predicted molar refractivity (Wildman–Crippen MR) is 77.7 cm³/mol.